The molecule has 0 amide bonds. The SMILES string of the molecule is CCc1ccc(CC(N)c2sccc2Cl)nc1. The highest BCUT2D eigenvalue weighted by Crippen LogP contribution is 2.28. The molecule has 17 heavy (non-hydrogen) atoms. The molecule has 0 saturated carbocycles. The summed E-state index contributed by atoms with van der Waals surface area (Å²) < 4.78 is 0. The fourth-order valence-electron chi connectivity index (χ4n) is 1.67. The van der Waals surface area contributed by atoms with Crippen LogP contribution in [0.2, 0.25) is 5.02 Å². The van der Waals surface area contributed by atoms with Crippen molar-refractivity contribution in [1.29, 1.82) is 0 Å². The zero-order valence-corrected chi connectivity index (χ0v) is 11.3. The number of pyridine rings is 1. The van der Waals surface area contributed by atoms with E-state index >= 15 is 0 Å². The third-order valence-electron chi connectivity index (χ3n) is 2.70. The number of aryl methyl sites for hydroxylation is 1. The molecule has 0 aliphatic carbocycles. The first-order valence-corrected chi connectivity index (χ1v) is 6.88. The van der Waals surface area contributed by atoms with Gasteiger partial charge >= 0.3 is 0 Å². The van der Waals surface area contributed by atoms with Gasteiger partial charge in [-0.15, -0.1) is 11.3 Å². The Labute approximate surface area is 110 Å². The molecule has 0 aromatic carbocycles. The molecular weight excluding hydrogens is 252 g/mol. The minimum Gasteiger partial charge on any atom is -0.323 e. The highest BCUT2D eigenvalue weighted by molar-refractivity contribution is 7.10. The van der Waals surface area contributed by atoms with E-state index in [1.54, 1.807) is 11.3 Å². The summed E-state index contributed by atoms with van der Waals surface area (Å²) in [6.07, 6.45) is 3.65. The van der Waals surface area contributed by atoms with Crippen molar-refractivity contribution < 1.29 is 0 Å². The minimum absolute atomic E-state index is 0.0672. The van der Waals surface area contributed by atoms with Crippen molar-refractivity contribution in [1.82, 2.24) is 4.98 Å². The summed E-state index contributed by atoms with van der Waals surface area (Å²) in [4.78, 5) is 5.45. The van der Waals surface area contributed by atoms with E-state index in [0.717, 1.165) is 28.4 Å². The van der Waals surface area contributed by atoms with Crippen molar-refractivity contribution in [3.8, 4) is 0 Å². The maximum atomic E-state index is 6.13. The van der Waals surface area contributed by atoms with E-state index in [1.807, 2.05) is 23.7 Å². The Bertz CT molecular complexity index is 478. The van der Waals surface area contributed by atoms with Crippen LogP contribution in [0.4, 0.5) is 0 Å². The van der Waals surface area contributed by atoms with Crippen LogP contribution < -0.4 is 5.73 Å². The number of rotatable bonds is 4. The van der Waals surface area contributed by atoms with E-state index < -0.39 is 0 Å². The van der Waals surface area contributed by atoms with Crippen molar-refractivity contribution in [2.24, 2.45) is 5.73 Å². The first-order chi connectivity index (χ1) is 8.20. The lowest BCUT2D eigenvalue weighted by molar-refractivity contribution is 0.719. The fourth-order valence-corrected chi connectivity index (χ4v) is 2.87. The van der Waals surface area contributed by atoms with Gasteiger partial charge in [-0.25, -0.2) is 0 Å². The van der Waals surface area contributed by atoms with Crippen LogP contribution in [0.1, 0.15) is 29.1 Å². The molecule has 0 spiro atoms. The van der Waals surface area contributed by atoms with Gasteiger partial charge in [0.2, 0.25) is 0 Å². The molecule has 0 radical (unpaired) electrons. The monoisotopic (exact) mass is 266 g/mol. The molecule has 1 unspecified atom stereocenters. The van der Waals surface area contributed by atoms with Crippen LogP contribution in [0.5, 0.6) is 0 Å². The first kappa shape index (κ1) is 12.6. The van der Waals surface area contributed by atoms with Crippen LogP contribution in [0.3, 0.4) is 0 Å². The molecule has 2 aromatic heterocycles. The largest absolute Gasteiger partial charge is 0.323 e. The maximum Gasteiger partial charge on any atom is 0.0561 e. The fraction of sp³-hybridized carbons (Fsp3) is 0.308. The quantitative estimate of drug-likeness (QED) is 0.918. The predicted molar refractivity (Wildman–Crippen MR) is 73.6 cm³/mol. The summed E-state index contributed by atoms with van der Waals surface area (Å²) in [7, 11) is 0. The molecule has 0 aliphatic heterocycles. The Kier molecular flexibility index (Phi) is 4.15. The maximum absolute atomic E-state index is 6.13. The molecule has 1 atom stereocenters. The first-order valence-electron chi connectivity index (χ1n) is 5.63. The van der Waals surface area contributed by atoms with E-state index in [0.29, 0.717) is 0 Å². The van der Waals surface area contributed by atoms with Crippen molar-refractivity contribution in [3.05, 3.63) is 50.9 Å². The van der Waals surface area contributed by atoms with E-state index in [-0.39, 0.29) is 6.04 Å². The molecule has 2 aromatic rings. The molecule has 0 aliphatic rings. The van der Waals surface area contributed by atoms with Crippen LogP contribution in [-0.4, -0.2) is 4.98 Å². The van der Waals surface area contributed by atoms with Gasteiger partial charge in [0.25, 0.3) is 0 Å². The molecule has 2 heterocycles. The zero-order chi connectivity index (χ0) is 12.3. The Hall–Kier alpha value is -0.900. The van der Waals surface area contributed by atoms with Crippen molar-refractivity contribution in [2.45, 2.75) is 25.8 Å². The third-order valence-corrected chi connectivity index (χ3v) is 4.20. The van der Waals surface area contributed by atoms with Gasteiger partial charge in [-0.1, -0.05) is 24.6 Å². The highest BCUT2D eigenvalue weighted by Gasteiger charge is 2.12. The normalized spacial score (nSPS) is 12.6. The van der Waals surface area contributed by atoms with Crippen LogP contribution in [0.15, 0.2) is 29.8 Å². The Balaban J connectivity index is 2.07. The number of aromatic nitrogens is 1. The summed E-state index contributed by atoms with van der Waals surface area (Å²) in [5, 5.41) is 2.72. The highest BCUT2D eigenvalue weighted by atomic mass is 35.5. The second-order valence-corrected chi connectivity index (χ2v) is 5.31. The molecule has 4 heteroatoms. The summed E-state index contributed by atoms with van der Waals surface area (Å²) in [5.74, 6) is 0. The second kappa shape index (κ2) is 5.63. The summed E-state index contributed by atoms with van der Waals surface area (Å²) in [5.41, 5.74) is 8.39. The minimum atomic E-state index is -0.0672. The van der Waals surface area contributed by atoms with E-state index in [2.05, 4.69) is 18.0 Å². The molecule has 2 nitrogen and oxygen atoms in total. The lowest BCUT2D eigenvalue weighted by Crippen LogP contribution is -2.13. The third kappa shape index (κ3) is 3.06. The predicted octanol–water partition coefficient (Wildman–Crippen LogP) is 3.60. The molecular formula is C13H15ClN2S. The van der Waals surface area contributed by atoms with Crippen LogP contribution in [0, 0.1) is 0 Å². The van der Waals surface area contributed by atoms with Gasteiger partial charge in [0.1, 0.15) is 0 Å². The van der Waals surface area contributed by atoms with Crippen molar-refractivity contribution >= 4 is 22.9 Å². The number of halogens is 1. The van der Waals surface area contributed by atoms with Gasteiger partial charge in [0, 0.05) is 29.2 Å². The topological polar surface area (TPSA) is 38.9 Å². The molecule has 0 bridgehead atoms. The lowest BCUT2D eigenvalue weighted by atomic mass is 10.1. The van der Waals surface area contributed by atoms with Gasteiger partial charge in [-0.3, -0.25) is 4.98 Å². The zero-order valence-electron chi connectivity index (χ0n) is 9.69. The van der Waals surface area contributed by atoms with Crippen molar-refractivity contribution in [3.63, 3.8) is 0 Å². The Morgan fingerprint density at radius 3 is 2.76 bits per heavy atom. The number of nitrogens with zero attached hydrogens (tertiary/aromatic N) is 1. The van der Waals surface area contributed by atoms with Gasteiger partial charge in [-0.2, -0.15) is 0 Å². The van der Waals surface area contributed by atoms with Gasteiger partial charge in [-0.05, 0) is 29.5 Å². The van der Waals surface area contributed by atoms with Crippen LogP contribution >= 0.6 is 22.9 Å². The van der Waals surface area contributed by atoms with Crippen LogP contribution in [-0.2, 0) is 12.8 Å². The molecule has 2 N–H and O–H groups in total. The smallest absolute Gasteiger partial charge is 0.0561 e. The summed E-state index contributed by atoms with van der Waals surface area (Å²) >= 11 is 7.66. The Morgan fingerprint density at radius 1 is 1.41 bits per heavy atom. The van der Waals surface area contributed by atoms with Gasteiger partial charge in [0.15, 0.2) is 0 Å². The van der Waals surface area contributed by atoms with E-state index in [4.69, 9.17) is 17.3 Å². The Morgan fingerprint density at radius 2 is 2.24 bits per heavy atom. The number of thiophene rings is 1. The second-order valence-electron chi connectivity index (χ2n) is 3.95. The number of hydrogen-bond acceptors (Lipinski definition) is 3. The number of hydrogen-bond donors (Lipinski definition) is 1. The average molecular weight is 267 g/mol. The molecule has 0 fully saturated rings. The lowest BCUT2D eigenvalue weighted by Gasteiger charge is -2.10. The van der Waals surface area contributed by atoms with Crippen LogP contribution in [0.25, 0.3) is 0 Å². The molecule has 0 saturated heterocycles. The average Bonchev–Trinajstić information content (AvgIpc) is 2.76. The van der Waals surface area contributed by atoms with Crippen molar-refractivity contribution in [2.75, 3.05) is 0 Å². The molecule has 2 rings (SSSR count). The van der Waals surface area contributed by atoms with Gasteiger partial charge in [0.05, 0.1) is 5.02 Å². The van der Waals surface area contributed by atoms with E-state index in [1.165, 1.54) is 5.56 Å². The number of nitrogens with two attached hydrogens (primary N) is 1. The molecule has 90 valence electrons. The summed E-state index contributed by atoms with van der Waals surface area (Å²) in [6.45, 7) is 2.12. The summed E-state index contributed by atoms with van der Waals surface area (Å²) in [6, 6.07) is 5.96. The van der Waals surface area contributed by atoms with Gasteiger partial charge < -0.3 is 5.73 Å². The standard InChI is InChI=1S/C13H15ClN2S/c1-2-9-3-4-10(16-8-9)7-12(15)13-11(14)5-6-17-13/h3-6,8,12H,2,7,15H2,1H3. The van der Waals surface area contributed by atoms with E-state index in [9.17, 15) is 0 Å².